The second-order valence-corrected chi connectivity index (χ2v) is 4.15. The van der Waals surface area contributed by atoms with Gasteiger partial charge in [0.1, 0.15) is 0 Å². The number of halogens is 1. The molecule has 1 aromatic rings. The van der Waals surface area contributed by atoms with E-state index in [1.54, 1.807) is 7.11 Å². The SMILES string of the molecule is COCCN(C)C(CN)c1ccccc1Cl. The summed E-state index contributed by atoms with van der Waals surface area (Å²) in [6, 6.07) is 7.96. The normalized spacial score (nSPS) is 13.1. The lowest BCUT2D eigenvalue weighted by Gasteiger charge is -2.27. The van der Waals surface area contributed by atoms with E-state index < -0.39 is 0 Å². The molecule has 0 heterocycles. The average molecular weight is 243 g/mol. The summed E-state index contributed by atoms with van der Waals surface area (Å²) in [4.78, 5) is 2.16. The largest absolute Gasteiger partial charge is 0.383 e. The molecule has 0 saturated heterocycles. The minimum Gasteiger partial charge on any atom is -0.383 e. The van der Waals surface area contributed by atoms with Crippen molar-refractivity contribution in [3.05, 3.63) is 34.9 Å². The quantitative estimate of drug-likeness (QED) is 0.829. The van der Waals surface area contributed by atoms with Crippen LogP contribution < -0.4 is 5.73 Å². The van der Waals surface area contributed by atoms with Gasteiger partial charge in [-0.3, -0.25) is 4.90 Å². The summed E-state index contributed by atoms with van der Waals surface area (Å²) < 4.78 is 5.06. The van der Waals surface area contributed by atoms with Crippen molar-refractivity contribution >= 4 is 11.6 Å². The van der Waals surface area contributed by atoms with Gasteiger partial charge >= 0.3 is 0 Å². The molecule has 0 aliphatic carbocycles. The zero-order chi connectivity index (χ0) is 12.0. The van der Waals surface area contributed by atoms with Gasteiger partial charge < -0.3 is 10.5 Å². The highest BCUT2D eigenvalue weighted by Crippen LogP contribution is 2.25. The molecule has 1 rings (SSSR count). The lowest BCUT2D eigenvalue weighted by Crippen LogP contribution is -2.33. The fraction of sp³-hybridized carbons (Fsp3) is 0.500. The molecule has 90 valence electrons. The molecule has 1 atom stereocenters. The first-order valence-corrected chi connectivity index (χ1v) is 5.72. The molecule has 0 aromatic heterocycles. The second-order valence-electron chi connectivity index (χ2n) is 3.75. The molecule has 1 aromatic carbocycles. The fourth-order valence-corrected chi connectivity index (χ4v) is 1.94. The van der Waals surface area contributed by atoms with Crippen molar-refractivity contribution in [2.45, 2.75) is 6.04 Å². The molecule has 0 fully saturated rings. The number of benzene rings is 1. The van der Waals surface area contributed by atoms with Gasteiger partial charge in [-0.1, -0.05) is 29.8 Å². The zero-order valence-corrected chi connectivity index (χ0v) is 10.6. The number of nitrogens with two attached hydrogens (primary N) is 1. The Hall–Kier alpha value is -0.610. The molecule has 0 spiro atoms. The van der Waals surface area contributed by atoms with Gasteiger partial charge in [-0.05, 0) is 18.7 Å². The van der Waals surface area contributed by atoms with Gasteiger partial charge in [-0.25, -0.2) is 0 Å². The third-order valence-corrected chi connectivity index (χ3v) is 3.01. The van der Waals surface area contributed by atoms with Crippen LogP contribution in [0, 0.1) is 0 Å². The van der Waals surface area contributed by atoms with Crippen molar-refractivity contribution in [2.24, 2.45) is 5.73 Å². The molecule has 0 aliphatic heterocycles. The number of likely N-dealkylation sites (N-methyl/N-ethyl adjacent to an activating group) is 1. The van der Waals surface area contributed by atoms with Gasteiger partial charge in [0.2, 0.25) is 0 Å². The molecular formula is C12H19ClN2O. The molecule has 1 unspecified atom stereocenters. The molecular weight excluding hydrogens is 224 g/mol. The predicted molar refractivity (Wildman–Crippen MR) is 67.8 cm³/mol. The standard InChI is InChI=1S/C12H19ClN2O/c1-15(7-8-16-2)12(9-14)10-5-3-4-6-11(10)13/h3-6,12H,7-9,14H2,1-2H3. The lowest BCUT2D eigenvalue weighted by atomic mass is 10.1. The van der Waals surface area contributed by atoms with E-state index in [1.807, 2.05) is 31.3 Å². The van der Waals surface area contributed by atoms with Crippen LogP contribution in [-0.4, -0.2) is 38.8 Å². The topological polar surface area (TPSA) is 38.5 Å². The summed E-state index contributed by atoms with van der Waals surface area (Å²) in [6.45, 7) is 2.07. The van der Waals surface area contributed by atoms with E-state index in [4.69, 9.17) is 22.1 Å². The Balaban J connectivity index is 2.77. The van der Waals surface area contributed by atoms with E-state index in [9.17, 15) is 0 Å². The molecule has 0 bridgehead atoms. The third-order valence-electron chi connectivity index (χ3n) is 2.67. The summed E-state index contributed by atoms with van der Waals surface area (Å²) in [5.41, 5.74) is 6.88. The Morgan fingerprint density at radius 2 is 2.12 bits per heavy atom. The second kappa shape index (κ2) is 6.86. The van der Waals surface area contributed by atoms with Crippen LogP contribution in [0.15, 0.2) is 24.3 Å². The Kier molecular flexibility index (Phi) is 5.77. The number of hydrogen-bond acceptors (Lipinski definition) is 3. The molecule has 16 heavy (non-hydrogen) atoms. The molecule has 0 amide bonds. The molecule has 0 radical (unpaired) electrons. The van der Waals surface area contributed by atoms with Crippen LogP contribution in [0.1, 0.15) is 11.6 Å². The van der Waals surface area contributed by atoms with Crippen molar-refractivity contribution in [3.63, 3.8) is 0 Å². The fourth-order valence-electron chi connectivity index (χ4n) is 1.68. The van der Waals surface area contributed by atoms with E-state index in [2.05, 4.69) is 4.90 Å². The average Bonchev–Trinajstić information content (AvgIpc) is 2.30. The van der Waals surface area contributed by atoms with Crippen molar-refractivity contribution < 1.29 is 4.74 Å². The lowest BCUT2D eigenvalue weighted by molar-refractivity contribution is 0.140. The van der Waals surface area contributed by atoms with E-state index in [0.717, 1.165) is 17.1 Å². The Morgan fingerprint density at radius 1 is 1.44 bits per heavy atom. The highest BCUT2D eigenvalue weighted by Gasteiger charge is 2.17. The Labute approximate surface area is 102 Å². The van der Waals surface area contributed by atoms with Crippen LogP contribution in [0.2, 0.25) is 5.02 Å². The van der Waals surface area contributed by atoms with E-state index in [1.165, 1.54) is 0 Å². The number of ether oxygens (including phenoxy) is 1. The van der Waals surface area contributed by atoms with Gasteiger partial charge in [0.15, 0.2) is 0 Å². The van der Waals surface area contributed by atoms with Crippen molar-refractivity contribution in [1.82, 2.24) is 4.90 Å². The van der Waals surface area contributed by atoms with Gasteiger partial charge in [-0.2, -0.15) is 0 Å². The number of nitrogens with zero attached hydrogens (tertiary/aromatic N) is 1. The first-order chi connectivity index (χ1) is 7.70. The maximum absolute atomic E-state index is 6.16. The van der Waals surface area contributed by atoms with Gasteiger partial charge in [0, 0.05) is 31.3 Å². The Bertz CT molecular complexity index is 320. The highest BCUT2D eigenvalue weighted by atomic mass is 35.5. The Morgan fingerprint density at radius 3 is 2.69 bits per heavy atom. The number of methoxy groups -OCH3 is 1. The van der Waals surface area contributed by atoms with Crippen LogP contribution >= 0.6 is 11.6 Å². The summed E-state index contributed by atoms with van der Waals surface area (Å²) in [7, 11) is 3.72. The number of hydrogen-bond donors (Lipinski definition) is 1. The van der Waals surface area contributed by atoms with Gasteiger partial charge in [0.25, 0.3) is 0 Å². The molecule has 2 N–H and O–H groups in total. The van der Waals surface area contributed by atoms with E-state index >= 15 is 0 Å². The van der Waals surface area contributed by atoms with Crippen molar-refractivity contribution in [1.29, 1.82) is 0 Å². The first kappa shape index (κ1) is 13.5. The molecule has 0 saturated carbocycles. The minimum atomic E-state index is 0.142. The third kappa shape index (κ3) is 3.46. The maximum Gasteiger partial charge on any atom is 0.0589 e. The van der Waals surface area contributed by atoms with Crippen molar-refractivity contribution in [2.75, 3.05) is 33.9 Å². The molecule has 3 nitrogen and oxygen atoms in total. The molecule has 0 aliphatic rings. The maximum atomic E-state index is 6.16. The van der Waals surface area contributed by atoms with Crippen LogP contribution in [0.25, 0.3) is 0 Å². The number of rotatable bonds is 6. The van der Waals surface area contributed by atoms with E-state index in [0.29, 0.717) is 13.2 Å². The minimum absolute atomic E-state index is 0.142. The van der Waals surface area contributed by atoms with Crippen molar-refractivity contribution in [3.8, 4) is 0 Å². The summed E-state index contributed by atoms with van der Waals surface area (Å²) in [5.74, 6) is 0. The smallest absolute Gasteiger partial charge is 0.0589 e. The molecule has 4 heteroatoms. The summed E-state index contributed by atoms with van der Waals surface area (Å²) >= 11 is 6.16. The van der Waals surface area contributed by atoms with E-state index in [-0.39, 0.29) is 6.04 Å². The first-order valence-electron chi connectivity index (χ1n) is 5.34. The summed E-state index contributed by atoms with van der Waals surface area (Å²) in [6.07, 6.45) is 0. The van der Waals surface area contributed by atoms with Crippen LogP contribution in [0.4, 0.5) is 0 Å². The van der Waals surface area contributed by atoms with Gasteiger partial charge in [0.05, 0.1) is 6.61 Å². The zero-order valence-electron chi connectivity index (χ0n) is 9.82. The van der Waals surface area contributed by atoms with Crippen LogP contribution in [0.5, 0.6) is 0 Å². The van der Waals surface area contributed by atoms with Crippen LogP contribution in [0.3, 0.4) is 0 Å². The highest BCUT2D eigenvalue weighted by molar-refractivity contribution is 6.31. The predicted octanol–water partition coefficient (Wildman–Crippen LogP) is 1.92. The monoisotopic (exact) mass is 242 g/mol. The van der Waals surface area contributed by atoms with Gasteiger partial charge in [-0.15, -0.1) is 0 Å². The van der Waals surface area contributed by atoms with Crippen LogP contribution in [-0.2, 0) is 4.74 Å². The summed E-state index contributed by atoms with van der Waals surface area (Å²) in [5, 5.41) is 0.766.